The molecule has 0 amide bonds. The third-order valence-electron chi connectivity index (χ3n) is 6.22. The van der Waals surface area contributed by atoms with Crippen LogP contribution in [-0.2, 0) is 0 Å². The Morgan fingerprint density at radius 2 is 1.22 bits per heavy atom. The molecular formula is C33H23N3O. The molecule has 0 unspecified atom stereocenters. The molecule has 0 heterocycles. The van der Waals surface area contributed by atoms with Crippen LogP contribution in [0.5, 0.6) is 5.75 Å². The van der Waals surface area contributed by atoms with Crippen LogP contribution in [0.2, 0.25) is 0 Å². The first-order valence-corrected chi connectivity index (χ1v) is 11.8. The molecule has 5 aromatic rings. The second-order valence-electron chi connectivity index (χ2n) is 8.49. The van der Waals surface area contributed by atoms with E-state index in [9.17, 15) is 10.5 Å². The van der Waals surface area contributed by atoms with Gasteiger partial charge in [0.05, 0.1) is 30.4 Å². The van der Waals surface area contributed by atoms with E-state index in [1.807, 2.05) is 78.9 Å². The first kappa shape index (κ1) is 23.4. The van der Waals surface area contributed by atoms with E-state index in [1.165, 1.54) is 0 Å². The fourth-order valence-corrected chi connectivity index (χ4v) is 4.38. The van der Waals surface area contributed by atoms with E-state index in [-0.39, 0.29) is 0 Å². The predicted molar refractivity (Wildman–Crippen MR) is 150 cm³/mol. The van der Waals surface area contributed by atoms with Crippen LogP contribution in [0.15, 0.2) is 109 Å². The number of hydrogen-bond acceptors (Lipinski definition) is 4. The lowest BCUT2D eigenvalue weighted by Crippen LogP contribution is -2.09. The van der Waals surface area contributed by atoms with Crippen LogP contribution in [0.1, 0.15) is 22.3 Å². The number of rotatable bonds is 6. The average molecular weight is 478 g/mol. The van der Waals surface area contributed by atoms with Crippen molar-refractivity contribution < 1.29 is 4.74 Å². The highest BCUT2D eigenvalue weighted by Crippen LogP contribution is 2.35. The number of fused-ring (bicyclic) bond motifs is 1. The van der Waals surface area contributed by atoms with Crippen LogP contribution in [0.4, 0.5) is 17.1 Å². The lowest BCUT2D eigenvalue weighted by atomic mass is 9.97. The van der Waals surface area contributed by atoms with Gasteiger partial charge in [-0.15, -0.1) is 0 Å². The van der Waals surface area contributed by atoms with Gasteiger partial charge in [0.25, 0.3) is 0 Å². The first-order chi connectivity index (χ1) is 18.2. The van der Waals surface area contributed by atoms with Crippen LogP contribution in [0.25, 0.3) is 22.9 Å². The molecule has 4 nitrogen and oxygen atoms in total. The summed E-state index contributed by atoms with van der Waals surface area (Å²) in [5.41, 5.74) is 6.15. The molecule has 4 heteroatoms. The molecule has 5 rings (SSSR count). The highest BCUT2D eigenvalue weighted by atomic mass is 16.5. The van der Waals surface area contributed by atoms with E-state index in [2.05, 4.69) is 53.4 Å². The van der Waals surface area contributed by atoms with Crippen molar-refractivity contribution in [3.63, 3.8) is 0 Å². The Hall–Kier alpha value is -5.32. The molecule has 5 aromatic carbocycles. The molecule has 0 saturated heterocycles. The number of nitriles is 2. The van der Waals surface area contributed by atoms with E-state index < -0.39 is 0 Å². The highest BCUT2D eigenvalue weighted by Gasteiger charge is 2.12. The number of hydrogen-bond donors (Lipinski definition) is 0. The minimum absolute atomic E-state index is 0.558. The fraction of sp³-hybridized carbons (Fsp3) is 0.0303. The number of nitrogens with zero attached hydrogens (tertiary/aromatic N) is 3. The molecule has 0 saturated carbocycles. The summed E-state index contributed by atoms with van der Waals surface area (Å²) in [7, 11) is 1.66. The fourth-order valence-electron chi connectivity index (χ4n) is 4.38. The standard InChI is InChI=1S/C33H23N3O/c1-37-31-18-16-30(17-19-31)36(28-7-3-2-4-8-28)29-14-12-24(13-15-29)10-11-25-20-27(23-35)32-9-5-6-26(22-34)33(32)21-25/h2-21H,1H3/b11-10+. The zero-order chi connectivity index (χ0) is 25.6. The highest BCUT2D eigenvalue weighted by molar-refractivity contribution is 5.94. The quantitative estimate of drug-likeness (QED) is 0.231. The van der Waals surface area contributed by atoms with Gasteiger partial charge in [0.15, 0.2) is 0 Å². The minimum Gasteiger partial charge on any atom is -0.497 e. The molecule has 0 fully saturated rings. The monoisotopic (exact) mass is 477 g/mol. The number of para-hydroxylation sites is 1. The van der Waals surface area contributed by atoms with E-state index in [0.717, 1.165) is 44.7 Å². The first-order valence-electron chi connectivity index (χ1n) is 11.8. The van der Waals surface area contributed by atoms with E-state index in [0.29, 0.717) is 11.1 Å². The molecule has 176 valence electrons. The summed E-state index contributed by atoms with van der Waals surface area (Å²) in [4.78, 5) is 2.19. The van der Waals surface area contributed by atoms with Gasteiger partial charge >= 0.3 is 0 Å². The maximum Gasteiger partial charge on any atom is 0.119 e. The maximum absolute atomic E-state index is 9.64. The predicted octanol–water partition coefficient (Wildman–Crippen LogP) is 8.23. The van der Waals surface area contributed by atoms with Crippen LogP contribution in [-0.4, -0.2) is 7.11 Å². The SMILES string of the molecule is COc1ccc(N(c2ccccc2)c2ccc(/C=C/c3cc(C#N)c4cccc(C#N)c4c3)cc2)cc1. The number of ether oxygens (including phenoxy) is 1. The Morgan fingerprint density at radius 3 is 1.86 bits per heavy atom. The molecular weight excluding hydrogens is 454 g/mol. The van der Waals surface area contributed by atoms with Crippen LogP contribution < -0.4 is 9.64 Å². The summed E-state index contributed by atoms with van der Waals surface area (Å²) in [6.07, 6.45) is 3.99. The zero-order valence-electron chi connectivity index (χ0n) is 20.3. The van der Waals surface area contributed by atoms with Crippen molar-refractivity contribution in [2.75, 3.05) is 12.0 Å². The summed E-state index contributed by atoms with van der Waals surface area (Å²) >= 11 is 0. The Balaban J connectivity index is 1.47. The second-order valence-corrected chi connectivity index (χ2v) is 8.49. The lowest BCUT2D eigenvalue weighted by molar-refractivity contribution is 0.415. The van der Waals surface area contributed by atoms with Gasteiger partial charge in [-0.25, -0.2) is 0 Å². The molecule has 0 atom stereocenters. The Labute approximate surface area is 216 Å². The van der Waals surface area contributed by atoms with E-state index >= 15 is 0 Å². The third-order valence-corrected chi connectivity index (χ3v) is 6.22. The molecule has 0 aliphatic rings. The van der Waals surface area contributed by atoms with Crippen molar-refractivity contribution in [1.29, 1.82) is 10.5 Å². The summed E-state index contributed by atoms with van der Waals surface area (Å²) < 4.78 is 5.33. The normalized spacial score (nSPS) is 10.7. The second kappa shape index (κ2) is 10.5. The zero-order valence-corrected chi connectivity index (χ0v) is 20.3. The number of benzene rings is 5. The largest absolute Gasteiger partial charge is 0.497 e. The van der Waals surface area contributed by atoms with Crippen molar-refractivity contribution in [2.24, 2.45) is 0 Å². The van der Waals surface area contributed by atoms with Gasteiger partial charge in [-0.1, -0.05) is 54.6 Å². The molecule has 0 spiro atoms. The van der Waals surface area contributed by atoms with Gasteiger partial charge in [-0.05, 0) is 77.9 Å². The molecule has 0 aliphatic carbocycles. The summed E-state index contributed by atoms with van der Waals surface area (Å²) in [5, 5.41) is 20.7. The molecule has 37 heavy (non-hydrogen) atoms. The van der Waals surface area contributed by atoms with Crippen LogP contribution >= 0.6 is 0 Å². The maximum atomic E-state index is 9.64. The summed E-state index contributed by atoms with van der Waals surface area (Å²) in [6.45, 7) is 0. The van der Waals surface area contributed by atoms with Gasteiger partial charge in [0.1, 0.15) is 5.75 Å². The average Bonchev–Trinajstić information content (AvgIpc) is 2.97. The summed E-state index contributed by atoms with van der Waals surface area (Å²) in [6, 6.07) is 40.3. The van der Waals surface area contributed by atoms with Gasteiger partial charge in [0, 0.05) is 27.8 Å². The van der Waals surface area contributed by atoms with E-state index in [1.54, 1.807) is 13.2 Å². The van der Waals surface area contributed by atoms with Gasteiger partial charge < -0.3 is 9.64 Å². The number of anilines is 3. The minimum atomic E-state index is 0.558. The van der Waals surface area contributed by atoms with Crippen molar-refractivity contribution in [3.8, 4) is 17.9 Å². The van der Waals surface area contributed by atoms with Crippen molar-refractivity contribution in [3.05, 3.63) is 131 Å². The van der Waals surface area contributed by atoms with Crippen molar-refractivity contribution >= 4 is 40.0 Å². The molecule has 0 radical (unpaired) electrons. The third kappa shape index (κ3) is 4.91. The smallest absolute Gasteiger partial charge is 0.119 e. The molecule has 0 N–H and O–H groups in total. The van der Waals surface area contributed by atoms with Crippen LogP contribution in [0, 0.1) is 22.7 Å². The van der Waals surface area contributed by atoms with Crippen LogP contribution in [0.3, 0.4) is 0 Å². The van der Waals surface area contributed by atoms with E-state index in [4.69, 9.17) is 4.74 Å². The molecule has 0 bridgehead atoms. The molecule has 0 aromatic heterocycles. The van der Waals surface area contributed by atoms with Gasteiger partial charge in [0.2, 0.25) is 0 Å². The van der Waals surface area contributed by atoms with Crippen molar-refractivity contribution in [2.45, 2.75) is 0 Å². The lowest BCUT2D eigenvalue weighted by Gasteiger charge is -2.25. The molecule has 0 aliphatic heterocycles. The number of methoxy groups -OCH3 is 1. The Morgan fingerprint density at radius 1 is 0.595 bits per heavy atom. The topological polar surface area (TPSA) is 60.0 Å². The Kier molecular flexibility index (Phi) is 6.66. The Bertz CT molecular complexity index is 1660. The van der Waals surface area contributed by atoms with Crippen molar-refractivity contribution in [1.82, 2.24) is 0 Å². The summed E-state index contributed by atoms with van der Waals surface area (Å²) in [5.74, 6) is 0.812. The van der Waals surface area contributed by atoms with Gasteiger partial charge in [-0.2, -0.15) is 10.5 Å². The van der Waals surface area contributed by atoms with Gasteiger partial charge in [-0.3, -0.25) is 0 Å².